The molecular weight excluding hydrogens is 241 g/mol. The van der Waals surface area contributed by atoms with Gasteiger partial charge in [0.25, 0.3) is 0 Å². The Labute approximate surface area is 111 Å². The van der Waals surface area contributed by atoms with Crippen LogP contribution in [-0.2, 0) is 5.60 Å². The molecule has 2 atom stereocenters. The highest BCUT2D eigenvalue weighted by atomic mass is 19.1. The Morgan fingerprint density at radius 3 is 2.74 bits per heavy atom. The minimum absolute atomic E-state index is 0.188. The number of fused-ring (bicyclic) bond motifs is 1. The summed E-state index contributed by atoms with van der Waals surface area (Å²) in [6.45, 7) is 1.70. The van der Waals surface area contributed by atoms with E-state index in [1.807, 2.05) is 24.3 Å². The predicted molar refractivity (Wildman–Crippen MR) is 72.1 cm³/mol. The zero-order chi connectivity index (χ0) is 13.6. The zero-order valence-corrected chi connectivity index (χ0v) is 10.7. The Bertz CT molecular complexity index is 640. The van der Waals surface area contributed by atoms with Crippen molar-refractivity contribution in [2.75, 3.05) is 0 Å². The van der Waals surface area contributed by atoms with Crippen molar-refractivity contribution in [1.82, 2.24) is 0 Å². The summed E-state index contributed by atoms with van der Waals surface area (Å²) in [6.07, 6.45) is 0.428. The van der Waals surface area contributed by atoms with Gasteiger partial charge in [0.1, 0.15) is 11.4 Å². The maximum Gasteiger partial charge on any atom is 0.126 e. The molecule has 98 valence electrons. The van der Waals surface area contributed by atoms with Crippen molar-refractivity contribution in [3.63, 3.8) is 0 Å². The molecule has 0 amide bonds. The van der Waals surface area contributed by atoms with Crippen LogP contribution < -0.4 is 5.73 Å². The van der Waals surface area contributed by atoms with Gasteiger partial charge in [-0.2, -0.15) is 0 Å². The van der Waals surface area contributed by atoms with Gasteiger partial charge in [-0.05, 0) is 41.3 Å². The lowest BCUT2D eigenvalue weighted by Gasteiger charge is -2.25. The van der Waals surface area contributed by atoms with Crippen LogP contribution >= 0.6 is 0 Å². The first-order chi connectivity index (χ1) is 9.02. The van der Waals surface area contributed by atoms with Crippen LogP contribution in [0.2, 0.25) is 0 Å². The molecule has 0 fully saturated rings. The Hall–Kier alpha value is -1.71. The van der Waals surface area contributed by atoms with Gasteiger partial charge >= 0.3 is 0 Å². The predicted octanol–water partition coefficient (Wildman–Crippen LogP) is 2.77. The summed E-state index contributed by atoms with van der Waals surface area (Å²) in [7, 11) is 0. The van der Waals surface area contributed by atoms with E-state index in [0.717, 1.165) is 11.1 Å². The van der Waals surface area contributed by atoms with Crippen LogP contribution in [0.5, 0.6) is 0 Å². The smallest absolute Gasteiger partial charge is 0.126 e. The molecule has 3 heteroatoms. The average molecular weight is 257 g/mol. The maximum atomic E-state index is 13.4. The fraction of sp³-hybridized carbons (Fsp3) is 0.250. The van der Waals surface area contributed by atoms with E-state index in [1.54, 1.807) is 19.1 Å². The monoisotopic (exact) mass is 257 g/mol. The summed E-state index contributed by atoms with van der Waals surface area (Å²) >= 11 is 0. The van der Waals surface area contributed by atoms with E-state index in [-0.39, 0.29) is 11.9 Å². The normalized spacial score (nSPS) is 25.4. The molecule has 2 aromatic rings. The topological polar surface area (TPSA) is 46.2 Å². The summed E-state index contributed by atoms with van der Waals surface area (Å²) in [5, 5.41) is 11.0. The van der Waals surface area contributed by atoms with Crippen molar-refractivity contribution in [3.8, 4) is 0 Å². The number of aryl methyl sites for hydroxylation is 1. The van der Waals surface area contributed by atoms with Gasteiger partial charge in [0.05, 0.1) is 0 Å². The van der Waals surface area contributed by atoms with E-state index in [0.29, 0.717) is 17.5 Å². The van der Waals surface area contributed by atoms with Crippen LogP contribution in [0.3, 0.4) is 0 Å². The lowest BCUT2D eigenvalue weighted by molar-refractivity contribution is 0.0775. The standard InChI is InChI=1S/C16H16FNO/c1-10-8-11(6-7-14(10)17)16(19)9-15(18)12-4-2-3-5-13(12)16/h2-8,15,19H,9,18H2,1H3. The Morgan fingerprint density at radius 2 is 2.00 bits per heavy atom. The largest absolute Gasteiger partial charge is 0.380 e. The molecule has 0 aromatic heterocycles. The highest BCUT2D eigenvalue weighted by molar-refractivity contribution is 5.47. The molecular formula is C16H16FNO. The van der Waals surface area contributed by atoms with Gasteiger partial charge in [0, 0.05) is 12.5 Å². The molecule has 3 N–H and O–H groups in total. The van der Waals surface area contributed by atoms with E-state index in [2.05, 4.69) is 0 Å². The molecule has 3 rings (SSSR count). The summed E-state index contributed by atoms with van der Waals surface area (Å²) < 4.78 is 13.4. The van der Waals surface area contributed by atoms with Gasteiger partial charge in [-0.3, -0.25) is 0 Å². The minimum Gasteiger partial charge on any atom is -0.380 e. The first-order valence-corrected chi connectivity index (χ1v) is 6.36. The summed E-state index contributed by atoms with van der Waals surface area (Å²) in [5.41, 5.74) is 8.00. The SMILES string of the molecule is Cc1cc(C2(O)CC(N)c3ccccc32)ccc1F. The molecule has 0 saturated carbocycles. The minimum atomic E-state index is -1.12. The highest BCUT2D eigenvalue weighted by Gasteiger charge is 2.42. The van der Waals surface area contributed by atoms with E-state index in [1.165, 1.54) is 6.07 Å². The van der Waals surface area contributed by atoms with Gasteiger partial charge in [0.15, 0.2) is 0 Å². The van der Waals surface area contributed by atoms with E-state index in [4.69, 9.17) is 5.73 Å². The van der Waals surface area contributed by atoms with Crippen LogP contribution in [0.4, 0.5) is 4.39 Å². The average Bonchev–Trinajstić information content (AvgIpc) is 2.67. The van der Waals surface area contributed by atoms with Crippen LogP contribution in [-0.4, -0.2) is 5.11 Å². The van der Waals surface area contributed by atoms with Crippen LogP contribution in [0, 0.1) is 12.7 Å². The Balaban J connectivity index is 2.17. The maximum absolute atomic E-state index is 13.4. The highest BCUT2D eigenvalue weighted by Crippen LogP contribution is 2.46. The third-order valence-corrected chi connectivity index (χ3v) is 3.96. The zero-order valence-electron chi connectivity index (χ0n) is 10.7. The molecule has 2 aromatic carbocycles. The second kappa shape index (κ2) is 4.15. The molecule has 0 heterocycles. The van der Waals surface area contributed by atoms with Crippen LogP contribution in [0.25, 0.3) is 0 Å². The van der Waals surface area contributed by atoms with Gasteiger partial charge in [-0.15, -0.1) is 0 Å². The number of aliphatic hydroxyl groups is 1. The summed E-state index contributed by atoms with van der Waals surface area (Å²) in [4.78, 5) is 0. The lowest BCUT2D eigenvalue weighted by Crippen LogP contribution is -2.25. The fourth-order valence-electron chi connectivity index (χ4n) is 2.91. The van der Waals surface area contributed by atoms with E-state index in [9.17, 15) is 9.50 Å². The van der Waals surface area contributed by atoms with E-state index >= 15 is 0 Å². The molecule has 1 aliphatic rings. The molecule has 19 heavy (non-hydrogen) atoms. The Morgan fingerprint density at radius 1 is 1.26 bits per heavy atom. The van der Waals surface area contributed by atoms with Crippen molar-refractivity contribution in [2.45, 2.75) is 25.0 Å². The van der Waals surface area contributed by atoms with Crippen molar-refractivity contribution in [3.05, 3.63) is 70.5 Å². The third kappa shape index (κ3) is 1.78. The number of rotatable bonds is 1. The van der Waals surface area contributed by atoms with E-state index < -0.39 is 5.60 Å². The molecule has 2 unspecified atom stereocenters. The summed E-state index contributed by atoms with van der Waals surface area (Å²) in [6, 6.07) is 12.2. The first-order valence-electron chi connectivity index (χ1n) is 6.36. The quantitative estimate of drug-likeness (QED) is 0.825. The fourth-order valence-corrected chi connectivity index (χ4v) is 2.91. The molecule has 0 radical (unpaired) electrons. The Kier molecular flexibility index (Phi) is 2.69. The van der Waals surface area contributed by atoms with Crippen molar-refractivity contribution >= 4 is 0 Å². The van der Waals surface area contributed by atoms with Crippen LogP contribution in [0.15, 0.2) is 42.5 Å². The first kappa shape index (κ1) is 12.3. The van der Waals surface area contributed by atoms with Crippen molar-refractivity contribution in [2.24, 2.45) is 5.73 Å². The van der Waals surface area contributed by atoms with Crippen LogP contribution in [0.1, 0.15) is 34.7 Å². The van der Waals surface area contributed by atoms with Gasteiger partial charge in [0.2, 0.25) is 0 Å². The van der Waals surface area contributed by atoms with Gasteiger partial charge < -0.3 is 10.8 Å². The van der Waals surface area contributed by atoms with Gasteiger partial charge in [-0.25, -0.2) is 4.39 Å². The second-order valence-corrected chi connectivity index (χ2v) is 5.22. The number of hydrogen-bond donors (Lipinski definition) is 2. The molecule has 0 saturated heterocycles. The van der Waals surface area contributed by atoms with Crippen molar-refractivity contribution in [1.29, 1.82) is 0 Å². The third-order valence-electron chi connectivity index (χ3n) is 3.96. The molecule has 0 aliphatic heterocycles. The molecule has 1 aliphatic carbocycles. The number of hydrogen-bond acceptors (Lipinski definition) is 2. The molecule has 0 spiro atoms. The molecule has 0 bridgehead atoms. The summed E-state index contributed by atoms with van der Waals surface area (Å²) in [5.74, 6) is -0.261. The number of benzene rings is 2. The lowest BCUT2D eigenvalue weighted by atomic mass is 9.87. The number of halogens is 1. The van der Waals surface area contributed by atoms with Crippen molar-refractivity contribution < 1.29 is 9.50 Å². The number of nitrogens with two attached hydrogens (primary N) is 1. The second-order valence-electron chi connectivity index (χ2n) is 5.22. The molecule has 2 nitrogen and oxygen atoms in total. The van der Waals surface area contributed by atoms with Gasteiger partial charge in [-0.1, -0.05) is 30.3 Å².